The third kappa shape index (κ3) is 3.98. The van der Waals surface area contributed by atoms with Crippen molar-refractivity contribution < 1.29 is 14.3 Å². The fourth-order valence-electron chi connectivity index (χ4n) is 2.71. The van der Waals surface area contributed by atoms with Crippen LogP contribution in [0.2, 0.25) is 0 Å². The number of para-hydroxylation sites is 1. The van der Waals surface area contributed by atoms with E-state index < -0.39 is 0 Å². The summed E-state index contributed by atoms with van der Waals surface area (Å²) in [5.74, 6) is 1.62. The van der Waals surface area contributed by atoms with Crippen LogP contribution in [0.3, 0.4) is 0 Å². The zero-order chi connectivity index (χ0) is 16.9. The van der Waals surface area contributed by atoms with E-state index in [1.807, 2.05) is 62.4 Å². The van der Waals surface area contributed by atoms with Crippen molar-refractivity contribution in [1.82, 2.24) is 5.32 Å². The molecule has 0 saturated carbocycles. The smallest absolute Gasteiger partial charge is 0.319 e. The van der Waals surface area contributed by atoms with E-state index in [4.69, 9.17) is 9.47 Å². The summed E-state index contributed by atoms with van der Waals surface area (Å²) in [6, 6.07) is 14.9. The molecule has 2 N–H and O–H groups in total. The Kier molecular flexibility index (Phi) is 4.89. The molecule has 0 spiro atoms. The number of nitrogens with one attached hydrogen (secondary N) is 2. The first-order valence-electron chi connectivity index (χ1n) is 8.18. The Morgan fingerprint density at radius 1 is 1.17 bits per heavy atom. The monoisotopic (exact) mass is 326 g/mol. The van der Waals surface area contributed by atoms with Crippen LogP contribution in [-0.4, -0.2) is 18.7 Å². The summed E-state index contributed by atoms with van der Waals surface area (Å²) in [6.07, 6.45) is 0.881. The average Bonchev–Trinajstić information content (AvgIpc) is 2.56. The first-order chi connectivity index (χ1) is 11.6. The van der Waals surface area contributed by atoms with Crippen molar-refractivity contribution in [3.05, 3.63) is 54.1 Å². The molecular weight excluding hydrogens is 304 g/mol. The number of amides is 2. The highest BCUT2D eigenvalue weighted by molar-refractivity contribution is 5.89. The normalized spacial score (nSPS) is 16.0. The first kappa shape index (κ1) is 16.2. The molecule has 2 aromatic carbocycles. The summed E-state index contributed by atoms with van der Waals surface area (Å²) >= 11 is 0. The van der Waals surface area contributed by atoms with Crippen molar-refractivity contribution in [1.29, 1.82) is 0 Å². The lowest BCUT2D eigenvalue weighted by molar-refractivity contribution is 0.232. The number of hydrogen-bond donors (Lipinski definition) is 2. The van der Waals surface area contributed by atoms with Gasteiger partial charge in [0.05, 0.1) is 18.8 Å². The second kappa shape index (κ2) is 7.25. The Bertz CT molecular complexity index is 698. The summed E-state index contributed by atoms with van der Waals surface area (Å²) in [5, 5.41) is 5.86. The van der Waals surface area contributed by atoms with Crippen molar-refractivity contribution in [2.24, 2.45) is 0 Å². The molecule has 126 valence electrons. The topological polar surface area (TPSA) is 59.6 Å². The molecular formula is C19H22N2O3. The van der Waals surface area contributed by atoms with Gasteiger partial charge in [-0.25, -0.2) is 4.79 Å². The van der Waals surface area contributed by atoms with E-state index >= 15 is 0 Å². The van der Waals surface area contributed by atoms with Gasteiger partial charge in [0.25, 0.3) is 0 Å². The Hall–Kier alpha value is -2.69. The van der Waals surface area contributed by atoms with Gasteiger partial charge in [-0.2, -0.15) is 0 Å². The summed E-state index contributed by atoms with van der Waals surface area (Å²) in [4.78, 5) is 12.3. The highest BCUT2D eigenvalue weighted by Gasteiger charge is 2.22. The van der Waals surface area contributed by atoms with Gasteiger partial charge in [0.2, 0.25) is 0 Å². The van der Waals surface area contributed by atoms with Crippen molar-refractivity contribution in [3.63, 3.8) is 0 Å². The van der Waals surface area contributed by atoms with Crippen LogP contribution in [0.25, 0.3) is 0 Å². The van der Waals surface area contributed by atoms with E-state index in [9.17, 15) is 4.79 Å². The lowest BCUT2D eigenvalue weighted by atomic mass is 10.0. The molecule has 24 heavy (non-hydrogen) atoms. The van der Waals surface area contributed by atoms with Crippen molar-refractivity contribution in [3.8, 4) is 11.5 Å². The number of carbonyl (C=O) groups excluding carboxylic acids is 1. The molecule has 0 fully saturated rings. The van der Waals surface area contributed by atoms with Gasteiger partial charge in [0.15, 0.2) is 0 Å². The van der Waals surface area contributed by atoms with Crippen LogP contribution in [0, 0.1) is 0 Å². The minimum atomic E-state index is -0.228. The molecule has 2 amide bonds. The maximum Gasteiger partial charge on any atom is 0.319 e. The third-order valence-corrected chi connectivity index (χ3v) is 3.75. The van der Waals surface area contributed by atoms with Crippen LogP contribution < -0.4 is 20.1 Å². The zero-order valence-corrected chi connectivity index (χ0v) is 13.9. The molecule has 1 atom stereocenters. The number of hydrogen-bond acceptors (Lipinski definition) is 3. The van der Waals surface area contributed by atoms with Crippen LogP contribution >= 0.6 is 0 Å². The lowest BCUT2D eigenvalue weighted by Crippen LogP contribution is -2.35. The minimum absolute atomic E-state index is 0.0431. The average molecular weight is 326 g/mol. The van der Waals surface area contributed by atoms with E-state index in [-0.39, 0.29) is 18.2 Å². The largest absolute Gasteiger partial charge is 0.493 e. The molecule has 0 bridgehead atoms. The maximum atomic E-state index is 12.3. The Balaban J connectivity index is 1.60. The standard InChI is InChI=1S/C19H22N2O3/c1-13(2)24-15-9-7-14(8-10-15)20-19(22)21-17-11-12-23-18-6-4-3-5-16(17)18/h3-10,13,17H,11-12H2,1-2H3,(H2,20,21,22). The molecule has 1 heterocycles. The van der Waals surface area contributed by atoms with Crippen LogP contribution in [0.4, 0.5) is 10.5 Å². The zero-order valence-electron chi connectivity index (χ0n) is 13.9. The van der Waals surface area contributed by atoms with Crippen LogP contribution in [0.5, 0.6) is 11.5 Å². The maximum absolute atomic E-state index is 12.3. The first-order valence-corrected chi connectivity index (χ1v) is 8.18. The number of carbonyl (C=O) groups is 1. The minimum Gasteiger partial charge on any atom is -0.493 e. The molecule has 2 aromatic rings. The fraction of sp³-hybridized carbons (Fsp3) is 0.316. The van der Waals surface area contributed by atoms with Crippen LogP contribution in [-0.2, 0) is 0 Å². The van der Waals surface area contributed by atoms with Gasteiger partial charge in [-0.15, -0.1) is 0 Å². The van der Waals surface area contributed by atoms with E-state index in [2.05, 4.69) is 10.6 Å². The van der Waals surface area contributed by atoms with E-state index in [1.165, 1.54) is 0 Å². The molecule has 1 aliphatic rings. The van der Waals surface area contributed by atoms with Crippen LogP contribution in [0.1, 0.15) is 31.9 Å². The quantitative estimate of drug-likeness (QED) is 0.888. The Labute approximate surface area is 142 Å². The second-order valence-electron chi connectivity index (χ2n) is 6.02. The Morgan fingerprint density at radius 3 is 2.67 bits per heavy atom. The molecule has 3 rings (SSSR count). The van der Waals surface area contributed by atoms with E-state index in [1.54, 1.807) is 0 Å². The van der Waals surface area contributed by atoms with Crippen molar-refractivity contribution in [2.75, 3.05) is 11.9 Å². The third-order valence-electron chi connectivity index (χ3n) is 3.75. The molecule has 5 heteroatoms. The highest BCUT2D eigenvalue weighted by atomic mass is 16.5. The second-order valence-corrected chi connectivity index (χ2v) is 6.02. The number of urea groups is 1. The van der Waals surface area contributed by atoms with Gasteiger partial charge in [-0.3, -0.25) is 0 Å². The van der Waals surface area contributed by atoms with E-state index in [0.717, 1.165) is 29.2 Å². The molecule has 0 radical (unpaired) electrons. The predicted molar refractivity (Wildman–Crippen MR) is 93.7 cm³/mol. The van der Waals surface area contributed by atoms with Crippen molar-refractivity contribution >= 4 is 11.7 Å². The van der Waals surface area contributed by atoms with Gasteiger partial charge in [0, 0.05) is 17.7 Å². The number of rotatable bonds is 4. The molecule has 5 nitrogen and oxygen atoms in total. The van der Waals surface area contributed by atoms with Gasteiger partial charge >= 0.3 is 6.03 Å². The Morgan fingerprint density at radius 2 is 1.92 bits per heavy atom. The van der Waals surface area contributed by atoms with Gasteiger partial charge < -0.3 is 20.1 Å². The van der Waals surface area contributed by atoms with Gasteiger partial charge in [-0.1, -0.05) is 18.2 Å². The number of fused-ring (bicyclic) bond motifs is 1. The SMILES string of the molecule is CC(C)Oc1ccc(NC(=O)NC2CCOc3ccccc32)cc1. The molecule has 0 saturated heterocycles. The number of ether oxygens (including phenoxy) is 2. The summed E-state index contributed by atoms with van der Waals surface area (Å²) < 4.78 is 11.2. The van der Waals surface area contributed by atoms with Gasteiger partial charge in [-0.05, 0) is 44.2 Å². The fourth-order valence-corrected chi connectivity index (χ4v) is 2.71. The molecule has 1 aliphatic heterocycles. The summed E-state index contributed by atoms with van der Waals surface area (Å²) in [6.45, 7) is 4.56. The molecule has 0 aliphatic carbocycles. The summed E-state index contributed by atoms with van der Waals surface area (Å²) in [5.41, 5.74) is 1.74. The van der Waals surface area contributed by atoms with Crippen LogP contribution in [0.15, 0.2) is 48.5 Å². The lowest BCUT2D eigenvalue weighted by Gasteiger charge is -2.26. The molecule has 0 aromatic heterocycles. The molecule has 1 unspecified atom stereocenters. The van der Waals surface area contributed by atoms with E-state index in [0.29, 0.717) is 6.61 Å². The van der Waals surface area contributed by atoms with Gasteiger partial charge in [0.1, 0.15) is 11.5 Å². The number of benzene rings is 2. The van der Waals surface area contributed by atoms with Crippen molar-refractivity contribution in [2.45, 2.75) is 32.4 Å². The predicted octanol–water partition coefficient (Wildman–Crippen LogP) is 4.12. The number of anilines is 1. The summed E-state index contributed by atoms with van der Waals surface area (Å²) in [7, 11) is 0. The highest BCUT2D eigenvalue weighted by Crippen LogP contribution is 2.31.